The number of hydrogen-bond acceptors (Lipinski definition) is 6. The van der Waals surface area contributed by atoms with Gasteiger partial charge in [0, 0.05) is 12.1 Å². The zero-order chi connectivity index (χ0) is 20.9. The molecule has 1 fully saturated rings. The van der Waals surface area contributed by atoms with Crippen LogP contribution in [0, 0.1) is 0 Å². The first kappa shape index (κ1) is 21.2. The molecule has 9 heteroatoms. The van der Waals surface area contributed by atoms with E-state index in [4.69, 9.17) is 9.47 Å². The van der Waals surface area contributed by atoms with Crippen LogP contribution in [0.15, 0.2) is 24.3 Å². The van der Waals surface area contributed by atoms with E-state index in [9.17, 15) is 19.2 Å². The topological polar surface area (TPSA) is 114 Å². The van der Waals surface area contributed by atoms with E-state index >= 15 is 0 Å². The third-order valence-corrected chi connectivity index (χ3v) is 4.66. The van der Waals surface area contributed by atoms with Gasteiger partial charge in [0.15, 0.2) is 6.10 Å². The van der Waals surface area contributed by atoms with Crippen molar-refractivity contribution >= 4 is 23.8 Å². The van der Waals surface area contributed by atoms with Gasteiger partial charge < -0.3 is 20.1 Å². The molecule has 4 amide bonds. The van der Waals surface area contributed by atoms with Crippen molar-refractivity contribution in [2.24, 2.45) is 0 Å². The Morgan fingerprint density at radius 3 is 2.57 bits per heavy atom. The number of imide groups is 1. The number of amides is 4. The molecule has 1 aliphatic heterocycles. The van der Waals surface area contributed by atoms with Gasteiger partial charge in [0.1, 0.15) is 17.8 Å². The number of rotatable bonds is 8. The largest absolute Gasteiger partial charge is 0.496 e. The first-order valence-electron chi connectivity index (χ1n) is 8.95. The fraction of sp³-hybridized carbons (Fsp3) is 0.474. The summed E-state index contributed by atoms with van der Waals surface area (Å²) in [6.45, 7) is 4.41. The lowest BCUT2D eigenvalue weighted by molar-refractivity contribution is -0.156. The summed E-state index contributed by atoms with van der Waals surface area (Å²) < 4.78 is 10.3. The van der Waals surface area contributed by atoms with E-state index in [0.29, 0.717) is 12.2 Å². The van der Waals surface area contributed by atoms with Crippen molar-refractivity contribution in [2.75, 3.05) is 13.7 Å². The molecule has 2 N–H and O–H groups in total. The summed E-state index contributed by atoms with van der Waals surface area (Å²) in [6.07, 6.45) is -0.689. The summed E-state index contributed by atoms with van der Waals surface area (Å²) in [6, 6.07) is 6.55. The number of nitrogens with zero attached hydrogens (tertiary/aromatic N) is 1. The molecule has 0 aliphatic carbocycles. The van der Waals surface area contributed by atoms with Gasteiger partial charge in [-0.1, -0.05) is 25.1 Å². The molecule has 9 nitrogen and oxygen atoms in total. The molecule has 1 saturated heterocycles. The minimum Gasteiger partial charge on any atom is -0.496 e. The number of benzene rings is 1. The molecule has 1 aromatic rings. The van der Waals surface area contributed by atoms with Gasteiger partial charge in [0.2, 0.25) is 0 Å². The van der Waals surface area contributed by atoms with Crippen molar-refractivity contribution in [3.8, 4) is 5.75 Å². The van der Waals surface area contributed by atoms with Crippen LogP contribution in [0.4, 0.5) is 4.79 Å². The molecule has 1 aromatic carbocycles. The van der Waals surface area contributed by atoms with Crippen LogP contribution in [-0.4, -0.2) is 54.0 Å². The quantitative estimate of drug-likeness (QED) is 0.504. The normalized spacial score (nSPS) is 19.8. The van der Waals surface area contributed by atoms with Gasteiger partial charge in [-0.05, 0) is 26.3 Å². The molecule has 0 saturated carbocycles. The predicted octanol–water partition coefficient (Wildman–Crippen LogP) is 0.964. The summed E-state index contributed by atoms with van der Waals surface area (Å²) in [5, 5.41) is 5.21. The molecule has 1 aliphatic rings. The summed E-state index contributed by atoms with van der Waals surface area (Å²) in [4.78, 5) is 49.3. The maximum absolute atomic E-state index is 12.3. The highest BCUT2D eigenvalue weighted by atomic mass is 16.5. The Bertz CT molecular complexity index is 781. The molecule has 2 unspecified atom stereocenters. The third-order valence-electron chi connectivity index (χ3n) is 4.66. The Kier molecular flexibility index (Phi) is 6.61. The maximum Gasteiger partial charge on any atom is 0.327 e. The Morgan fingerprint density at radius 2 is 1.96 bits per heavy atom. The summed E-state index contributed by atoms with van der Waals surface area (Å²) in [5.41, 5.74) is -0.259. The number of urea groups is 1. The van der Waals surface area contributed by atoms with E-state index in [0.717, 1.165) is 10.5 Å². The van der Waals surface area contributed by atoms with Crippen LogP contribution < -0.4 is 15.4 Å². The molecular formula is C19H25N3O6. The van der Waals surface area contributed by atoms with Crippen molar-refractivity contribution in [3.63, 3.8) is 0 Å². The minimum absolute atomic E-state index is 0.201. The van der Waals surface area contributed by atoms with Crippen molar-refractivity contribution in [2.45, 2.75) is 45.4 Å². The summed E-state index contributed by atoms with van der Waals surface area (Å²) >= 11 is 0. The van der Waals surface area contributed by atoms with Gasteiger partial charge >= 0.3 is 12.0 Å². The van der Waals surface area contributed by atoms with Crippen LogP contribution in [0.2, 0.25) is 0 Å². The number of para-hydroxylation sites is 1. The Morgan fingerprint density at radius 1 is 1.29 bits per heavy atom. The molecule has 2 rings (SSSR count). The highest BCUT2D eigenvalue weighted by Crippen LogP contribution is 2.20. The fourth-order valence-electron chi connectivity index (χ4n) is 2.72. The van der Waals surface area contributed by atoms with Gasteiger partial charge in [-0.15, -0.1) is 0 Å². The predicted molar refractivity (Wildman–Crippen MR) is 99.3 cm³/mol. The molecule has 0 bridgehead atoms. The van der Waals surface area contributed by atoms with Crippen LogP contribution in [-0.2, 0) is 25.7 Å². The van der Waals surface area contributed by atoms with Gasteiger partial charge in [-0.25, -0.2) is 4.79 Å². The molecule has 152 valence electrons. The highest BCUT2D eigenvalue weighted by Gasteiger charge is 2.47. The molecule has 28 heavy (non-hydrogen) atoms. The van der Waals surface area contributed by atoms with Crippen molar-refractivity contribution in [3.05, 3.63) is 29.8 Å². The lowest BCUT2D eigenvalue weighted by Crippen LogP contribution is -2.44. The summed E-state index contributed by atoms with van der Waals surface area (Å²) in [5.74, 6) is -1.21. The lowest BCUT2D eigenvalue weighted by atomic mass is 9.99. The van der Waals surface area contributed by atoms with E-state index in [2.05, 4.69) is 10.6 Å². The highest BCUT2D eigenvalue weighted by molar-refractivity contribution is 6.08. The van der Waals surface area contributed by atoms with E-state index in [1.807, 2.05) is 12.1 Å². The Hall–Kier alpha value is -3.10. The van der Waals surface area contributed by atoms with Gasteiger partial charge in [-0.2, -0.15) is 0 Å². The maximum atomic E-state index is 12.3. The van der Waals surface area contributed by atoms with Crippen molar-refractivity contribution in [1.82, 2.24) is 15.5 Å². The third kappa shape index (κ3) is 4.59. The van der Waals surface area contributed by atoms with E-state index in [-0.39, 0.29) is 6.54 Å². The van der Waals surface area contributed by atoms with E-state index < -0.39 is 42.0 Å². The SMILES string of the molecule is CCC1(C)NC(=O)N(CC(=O)OC(C)C(=O)NCc2ccccc2OC)C1=O. The lowest BCUT2D eigenvalue weighted by Gasteiger charge is -2.19. The number of carbonyl (C=O) groups excluding carboxylic acids is 4. The van der Waals surface area contributed by atoms with Crippen LogP contribution in [0.1, 0.15) is 32.8 Å². The number of carbonyl (C=O) groups is 4. The first-order chi connectivity index (χ1) is 13.2. The Balaban J connectivity index is 1.87. The van der Waals surface area contributed by atoms with Gasteiger partial charge in [0.05, 0.1) is 7.11 Å². The van der Waals surface area contributed by atoms with Gasteiger partial charge in [0.25, 0.3) is 11.8 Å². The molecule has 2 atom stereocenters. The van der Waals surface area contributed by atoms with Crippen LogP contribution in [0.5, 0.6) is 5.75 Å². The zero-order valence-corrected chi connectivity index (χ0v) is 16.4. The van der Waals surface area contributed by atoms with Crippen LogP contribution in [0.3, 0.4) is 0 Å². The van der Waals surface area contributed by atoms with Crippen molar-refractivity contribution in [1.29, 1.82) is 0 Å². The van der Waals surface area contributed by atoms with Crippen molar-refractivity contribution < 1.29 is 28.7 Å². The summed E-state index contributed by atoms with van der Waals surface area (Å²) in [7, 11) is 1.53. The second kappa shape index (κ2) is 8.73. The van der Waals surface area contributed by atoms with Crippen LogP contribution >= 0.6 is 0 Å². The number of hydrogen-bond donors (Lipinski definition) is 2. The molecular weight excluding hydrogens is 366 g/mol. The molecule has 0 aromatic heterocycles. The number of ether oxygens (including phenoxy) is 2. The first-order valence-corrected chi connectivity index (χ1v) is 8.95. The molecule has 0 spiro atoms. The van der Waals surface area contributed by atoms with E-state index in [1.165, 1.54) is 14.0 Å². The van der Waals surface area contributed by atoms with Gasteiger partial charge in [-0.3, -0.25) is 19.3 Å². The zero-order valence-electron chi connectivity index (χ0n) is 16.4. The molecule has 0 radical (unpaired) electrons. The average molecular weight is 391 g/mol. The number of esters is 1. The minimum atomic E-state index is -1.08. The second-order valence-electron chi connectivity index (χ2n) is 6.67. The monoisotopic (exact) mass is 391 g/mol. The smallest absolute Gasteiger partial charge is 0.327 e. The fourth-order valence-corrected chi connectivity index (χ4v) is 2.72. The molecule has 1 heterocycles. The Labute approximate surface area is 163 Å². The standard InChI is InChI=1S/C19H25N3O6/c1-5-19(3)17(25)22(18(26)21-19)11-15(23)28-12(2)16(24)20-10-13-8-6-7-9-14(13)27-4/h6-9,12H,5,10-11H2,1-4H3,(H,20,24)(H,21,26). The van der Waals surface area contributed by atoms with Crippen LogP contribution in [0.25, 0.3) is 0 Å². The number of methoxy groups -OCH3 is 1. The van der Waals surface area contributed by atoms with E-state index in [1.54, 1.807) is 26.0 Å². The second-order valence-corrected chi connectivity index (χ2v) is 6.67. The average Bonchev–Trinajstić information content (AvgIpc) is 2.89. The number of nitrogens with one attached hydrogen (secondary N) is 2.